The molecule has 29 heavy (non-hydrogen) atoms. The third kappa shape index (κ3) is 4.64. The van der Waals surface area contributed by atoms with Crippen molar-refractivity contribution in [1.82, 2.24) is 10.2 Å². The van der Waals surface area contributed by atoms with Crippen molar-refractivity contribution >= 4 is 17.6 Å². The van der Waals surface area contributed by atoms with E-state index < -0.39 is 5.97 Å². The predicted octanol–water partition coefficient (Wildman–Crippen LogP) is 2.28. The normalized spacial score (nSPS) is 14.7. The first-order valence-corrected chi connectivity index (χ1v) is 9.58. The first-order chi connectivity index (χ1) is 14.1. The molecule has 0 bridgehead atoms. The van der Waals surface area contributed by atoms with Crippen LogP contribution in [0, 0.1) is 6.92 Å². The number of hydrogen-bond acceptors (Lipinski definition) is 6. The molecule has 0 radical (unpaired) electrons. The van der Waals surface area contributed by atoms with E-state index >= 15 is 0 Å². The lowest BCUT2D eigenvalue weighted by Crippen LogP contribution is -2.52. The molecule has 1 aromatic heterocycles. The SMILES string of the molecule is CN=C(NCc1cc(C(=O)OC)c(C)o1)N1CCN(c2ccccc2OC)CC1. The first kappa shape index (κ1) is 20.6. The number of methoxy groups -OCH3 is 2. The Morgan fingerprint density at radius 3 is 2.59 bits per heavy atom. The highest BCUT2D eigenvalue weighted by Crippen LogP contribution is 2.28. The van der Waals surface area contributed by atoms with Gasteiger partial charge in [0.25, 0.3) is 0 Å². The Morgan fingerprint density at radius 1 is 1.21 bits per heavy atom. The third-order valence-corrected chi connectivity index (χ3v) is 5.01. The summed E-state index contributed by atoms with van der Waals surface area (Å²) in [6.07, 6.45) is 0. The summed E-state index contributed by atoms with van der Waals surface area (Å²) in [7, 11) is 4.82. The van der Waals surface area contributed by atoms with E-state index in [9.17, 15) is 4.79 Å². The van der Waals surface area contributed by atoms with Crippen molar-refractivity contribution in [2.45, 2.75) is 13.5 Å². The molecule has 1 fully saturated rings. The van der Waals surface area contributed by atoms with Gasteiger partial charge >= 0.3 is 5.97 Å². The third-order valence-electron chi connectivity index (χ3n) is 5.01. The molecule has 1 N–H and O–H groups in total. The molecule has 1 aromatic carbocycles. The zero-order valence-corrected chi connectivity index (χ0v) is 17.4. The highest BCUT2D eigenvalue weighted by molar-refractivity contribution is 5.90. The molecule has 2 aromatic rings. The van der Waals surface area contributed by atoms with E-state index in [0.29, 0.717) is 23.6 Å². The maximum atomic E-state index is 11.7. The Labute approximate surface area is 171 Å². The Kier molecular flexibility index (Phi) is 6.64. The van der Waals surface area contributed by atoms with Gasteiger partial charge < -0.3 is 29.0 Å². The molecule has 156 valence electrons. The van der Waals surface area contributed by atoms with Crippen molar-refractivity contribution in [3.63, 3.8) is 0 Å². The molecular formula is C21H28N4O4. The fraction of sp³-hybridized carbons (Fsp3) is 0.429. The number of nitrogens with zero attached hydrogens (tertiary/aromatic N) is 3. The minimum absolute atomic E-state index is 0.394. The number of piperazine rings is 1. The minimum Gasteiger partial charge on any atom is -0.495 e. The number of hydrogen-bond donors (Lipinski definition) is 1. The maximum Gasteiger partial charge on any atom is 0.341 e. The Hall–Kier alpha value is -3.16. The minimum atomic E-state index is -0.394. The van der Waals surface area contributed by atoms with Crippen LogP contribution >= 0.6 is 0 Å². The van der Waals surface area contributed by atoms with Crippen LogP contribution in [0.1, 0.15) is 21.9 Å². The van der Waals surface area contributed by atoms with Gasteiger partial charge in [-0.1, -0.05) is 12.1 Å². The Morgan fingerprint density at radius 2 is 1.93 bits per heavy atom. The van der Waals surface area contributed by atoms with Crippen molar-refractivity contribution in [2.24, 2.45) is 4.99 Å². The van der Waals surface area contributed by atoms with Gasteiger partial charge in [-0.2, -0.15) is 0 Å². The lowest BCUT2D eigenvalue weighted by Gasteiger charge is -2.38. The monoisotopic (exact) mass is 400 g/mol. The van der Waals surface area contributed by atoms with Crippen LogP contribution in [0.2, 0.25) is 0 Å². The van der Waals surface area contributed by atoms with Crippen LogP contribution in [-0.2, 0) is 11.3 Å². The first-order valence-electron chi connectivity index (χ1n) is 9.58. The molecule has 0 aliphatic carbocycles. The van der Waals surface area contributed by atoms with Gasteiger partial charge in [0.1, 0.15) is 22.8 Å². The molecule has 0 atom stereocenters. The molecular weight excluding hydrogens is 372 g/mol. The fourth-order valence-corrected chi connectivity index (χ4v) is 3.49. The van der Waals surface area contributed by atoms with Crippen molar-refractivity contribution < 1.29 is 18.7 Å². The van der Waals surface area contributed by atoms with Gasteiger partial charge in [-0.05, 0) is 25.1 Å². The molecule has 8 heteroatoms. The van der Waals surface area contributed by atoms with Gasteiger partial charge in [-0.3, -0.25) is 4.99 Å². The van der Waals surface area contributed by atoms with E-state index in [1.54, 1.807) is 27.1 Å². The number of esters is 1. The standard InChI is InChI=1S/C21H28N4O4/c1-15-17(20(26)28-4)13-16(29-15)14-23-21(22-2)25-11-9-24(10-12-25)18-7-5-6-8-19(18)27-3/h5-8,13H,9-12,14H2,1-4H3,(H,22,23). The number of aryl methyl sites for hydroxylation is 1. The summed E-state index contributed by atoms with van der Waals surface area (Å²) in [4.78, 5) is 20.7. The summed E-state index contributed by atoms with van der Waals surface area (Å²) in [6, 6.07) is 9.78. The van der Waals surface area contributed by atoms with Gasteiger partial charge in [0.05, 0.1) is 26.5 Å². The highest BCUT2D eigenvalue weighted by Gasteiger charge is 2.22. The topological polar surface area (TPSA) is 79.5 Å². The molecule has 3 rings (SSSR count). The van der Waals surface area contributed by atoms with Crippen LogP contribution in [-0.4, -0.2) is 64.3 Å². The second-order valence-electron chi connectivity index (χ2n) is 6.72. The van der Waals surface area contributed by atoms with Crippen molar-refractivity contribution in [2.75, 3.05) is 52.3 Å². The number of furan rings is 1. The fourth-order valence-electron chi connectivity index (χ4n) is 3.49. The quantitative estimate of drug-likeness (QED) is 0.469. The number of ether oxygens (including phenoxy) is 2. The number of benzene rings is 1. The molecule has 2 heterocycles. The van der Waals surface area contributed by atoms with Crippen molar-refractivity contribution in [1.29, 1.82) is 0 Å². The van der Waals surface area contributed by atoms with E-state index in [4.69, 9.17) is 13.9 Å². The smallest absolute Gasteiger partial charge is 0.341 e. The number of anilines is 1. The summed E-state index contributed by atoms with van der Waals surface area (Å²) in [5, 5.41) is 3.32. The predicted molar refractivity (Wildman–Crippen MR) is 112 cm³/mol. The summed E-state index contributed by atoms with van der Waals surface area (Å²) in [5.74, 6) is 2.51. The van der Waals surface area contributed by atoms with Gasteiger partial charge in [0.2, 0.25) is 0 Å². The number of nitrogens with one attached hydrogen (secondary N) is 1. The molecule has 0 spiro atoms. The molecule has 1 aliphatic rings. The van der Waals surface area contributed by atoms with Crippen molar-refractivity contribution in [3.8, 4) is 5.75 Å². The number of rotatable bonds is 5. The van der Waals surface area contributed by atoms with Crippen LogP contribution in [0.3, 0.4) is 0 Å². The number of carbonyl (C=O) groups excluding carboxylic acids is 1. The van der Waals surface area contributed by atoms with Gasteiger partial charge in [-0.25, -0.2) is 4.79 Å². The zero-order chi connectivity index (χ0) is 20.8. The Bertz CT molecular complexity index is 869. The molecule has 1 saturated heterocycles. The molecule has 0 saturated carbocycles. The summed E-state index contributed by atoms with van der Waals surface area (Å²) < 4.78 is 15.9. The van der Waals surface area contributed by atoms with E-state index in [1.165, 1.54) is 7.11 Å². The van der Waals surface area contributed by atoms with E-state index in [1.807, 2.05) is 18.2 Å². The molecule has 0 unspecified atom stereocenters. The van der Waals surface area contributed by atoms with Crippen LogP contribution in [0.25, 0.3) is 0 Å². The number of carbonyl (C=O) groups is 1. The summed E-state index contributed by atoms with van der Waals surface area (Å²) in [6.45, 7) is 5.60. The van der Waals surface area contributed by atoms with Crippen LogP contribution < -0.4 is 15.0 Å². The maximum absolute atomic E-state index is 11.7. The Balaban J connectivity index is 1.58. The number of para-hydroxylation sites is 2. The van der Waals surface area contributed by atoms with E-state index in [2.05, 4.69) is 26.2 Å². The van der Waals surface area contributed by atoms with Crippen LogP contribution in [0.5, 0.6) is 5.75 Å². The number of aliphatic imine (C=N–C) groups is 1. The number of guanidine groups is 1. The van der Waals surface area contributed by atoms with Crippen molar-refractivity contribution in [3.05, 3.63) is 47.4 Å². The second-order valence-corrected chi connectivity index (χ2v) is 6.72. The van der Waals surface area contributed by atoms with Crippen LogP contribution in [0.15, 0.2) is 39.7 Å². The van der Waals surface area contributed by atoms with Gasteiger partial charge in [0, 0.05) is 33.2 Å². The molecule has 1 aliphatic heterocycles. The molecule has 8 nitrogen and oxygen atoms in total. The largest absolute Gasteiger partial charge is 0.495 e. The lowest BCUT2D eigenvalue weighted by atomic mass is 10.2. The molecule has 0 amide bonds. The lowest BCUT2D eigenvalue weighted by molar-refractivity contribution is 0.0599. The highest BCUT2D eigenvalue weighted by atomic mass is 16.5. The average Bonchev–Trinajstić information content (AvgIpc) is 3.14. The zero-order valence-electron chi connectivity index (χ0n) is 17.4. The van der Waals surface area contributed by atoms with Gasteiger partial charge in [0.15, 0.2) is 5.96 Å². The van der Waals surface area contributed by atoms with Crippen LogP contribution in [0.4, 0.5) is 5.69 Å². The van der Waals surface area contributed by atoms with E-state index in [-0.39, 0.29) is 0 Å². The second kappa shape index (κ2) is 9.36. The van der Waals surface area contributed by atoms with E-state index in [0.717, 1.165) is 43.6 Å². The summed E-state index contributed by atoms with van der Waals surface area (Å²) in [5.41, 5.74) is 1.56. The average molecular weight is 400 g/mol. The summed E-state index contributed by atoms with van der Waals surface area (Å²) >= 11 is 0. The van der Waals surface area contributed by atoms with Gasteiger partial charge in [-0.15, -0.1) is 0 Å².